The second-order valence-electron chi connectivity index (χ2n) is 4.77. The number of nitrogens with one attached hydrogen (secondary N) is 1. The van der Waals surface area contributed by atoms with Gasteiger partial charge in [-0.15, -0.1) is 0 Å². The molecule has 1 aliphatic rings. The molecule has 1 saturated carbocycles. The average molecular weight is 238 g/mol. The topological polar surface area (TPSA) is 15.3 Å². The molecule has 5 heteroatoms. The summed E-state index contributed by atoms with van der Waals surface area (Å²) in [4.78, 5) is 1.58. The third kappa shape index (κ3) is 3.63. The van der Waals surface area contributed by atoms with E-state index < -0.39 is 12.7 Å². The third-order valence-corrected chi connectivity index (χ3v) is 3.30. The van der Waals surface area contributed by atoms with Crippen molar-refractivity contribution in [3.63, 3.8) is 0 Å². The summed E-state index contributed by atoms with van der Waals surface area (Å²) < 4.78 is 37.5. The lowest BCUT2D eigenvalue weighted by Crippen LogP contribution is -2.51. The zero-order valence-corrected chi connectivity index (χ0v) is 10.1. The van der Waals surface area contributed by atoms with Crippen molar-refractivity contribution < 1.29 is 13.2 Å². The minimum Gasteiger partial charge on any atom is -0.315 e. The number of rotatable bonds is 4. The number of hydrogen-bond acceptors (Lipinski definition) is 2. The number of nitrogens with zero attached hydrogens (tertiary/aromatic N) is 1. The summed E-state index contributed by atoms with van der Waals surface area (Å²) in [6.45, 7) is 2.86. The van der Waals surface area contributed by atoms with E-state index in [1.165, 1.54) is 0 Å². The summed E-state index contributed by atoms with van der Waals surface area (Å²) in [7, 11) is 1.83. The van der Waals surface area contributed by atoms with Gasteiger partial charge in [0.05, 0.1) is 6.54 Å². The van der Waals surface area contributed by atoms with Crippen LogP contribution in [0.2, 0.25) is 0 Å². The predicted molar refractivity (Wildman–Crippen MR) is 58.4 cm³/mol. The fraction of sp³-hybridized carbons (Fsp3) is 1.00. The molecule has 0 amide bonds. The molecule has 1 rings (SSSR count). The Balaban J connectivity index is 2.69. The first-order valence-corrected chi connectivity index (χ1v) is 5.85. The van der Waals surface area contributed by atoms with Gasteiger partial charge in [-0.25, -0.2) is 0 Å². The molecule has 1 N–H and O–H groups in total. The van der Waals surface area contributed by atoms with Gasteiger partial charge in [0.15, 0.2) is 0 Å². The molecular formula is C11H21F3N2. The molecule has 1 fully saturated rings. The maximum Gasteiger partial charge on any atom is 0.401 e. The van der Waals surface area contributed by atoms with E-state index in [0.717, 1.165) is 19.3 Å². The Bertz CT molecular complexity index is 216. The van der Waals surface area contributed by atoms with Gasteiger partial charge in [0.25, 0.3) is 0 Å². The second kappa shape index (κ2) is 5.36. The Kier molecular flexibility index (Phi) is 4.62. The maximum atomic E-state index is 12.5. The van der Waals surface area contributed by atoms with Crippen LogP contribution in [0, 0.1) is 0 Å². The third-order valence-electron chi connectivity index (χ3n) is 3.30. The van der Waals surface area contributed by atoms with E-state index in [1.807, 2.05) is 20.9 Å². The van der Waals surface area contributed by atoms with E-state index in [9.17, 15) is 13.2 Å². The summed E-state index contributed by atoms with van der Waals surface area (Å²) in [5.74, 6) is 0. The first-order chi connectivity index (χ1) is 7.35. The molecule has 16 heavy (non-hydrogen) atoms. The lowest BCUT2D eigenvalue weighted by Gasteiger charge is -2.36. The summed E-state index contributed by atoms with van der Waals surface area (Å²) in [5.41, 5.74) is 0. The molecule has 2 atom stereocenters. The highest BCUT2D eigenvalue weighted by molar-refractivity contribution is 4.91. The van der Waals surface area contributed by atoms with E-state index in [1.54, 1.807) is 4.90 Å². The Labute approximate surface area is 95.2 Å². The molecule has 96 valence electrons. The molecule has 0 aliphatic heterocycles. The van der Waals surface area contributed by atoms with E-state index in [4.69, 9.17) is 0 Å². The predicted octanol–water partition coefficient (Wildman–Crippen LogP) is 2.40. The lowest BCUT2D eigenvalue weighted by atomic mass is 10.1. The molecule has 0 aromatic rings. The Hall–Kier alpha value is -0.290. The molecule has 2 unspecified atom stereocenters. The molecule has 0 aromatic heterocycles. The van der Waals surface area contributed by atoms with Crippen LogP contribution in [0.25, 0.3) is 0 Å². The van der Waals surface area contributed by atoms with Crippen molar-refractivity contribution in [2.24, 2.45) is 0 Å². The monoisotopic (exact) mass is 238 g/mol. The van der Waals surface area contributed by atoms with Gasteiger partial charge in [0.1, 0.15) is 0 Å². The summed E-state index contributed by atoms with van der Waals surface area (Å²) in [5, 5.41) is 3.13. The van der Waals surface area contributed by atoms with Gasteiger partial charge >= 0.3 is 6.18 Å². The minimum absolute atomic E-state index is 0.0200. The Morgan fingerprint density at radius 2 is 1.94 bits per heavy atom. The van der Waals surface area contributed by atoms with Crippen LogP contribution in [0.4, 0.5) is 13.2 Å². The molecule has 2 nitrogen and oxygen atoms in total. The molecule has 0 spiro atoms. The summed E-state index contributed by atoms with van der Waals surface area (Å²) in [6, 6.07) is 0.150. The molecule has 0 radical (unpaired) electrons. The van der Waals surface area contributed by atoms with Crippen molar-refractivity contribution in [3.8, 4) is 0 Å². The van der Waals surface area contributed by atoms with Crippen molar-refractivity contribution >= 4 is 0 Å². The van der Waals surface area contributed by atoms with Gasteiger partial charge in [0.2, 0.25) is 0 Å². The van der Waals surface area contributed by atoms with Crippen LogP contribution in [0.1, 0.15) is 33.1 Å². The lowest BCUT2D eigenvalue weighted by molar-refractivity contribution is -0.155. The van der Waals surface area contributed by atoms with E-state index in [2.05, 4.69) is 5.32 Å². The van der Waals surface area contributed by atoms with Crippen molar-refractivity contribution in [1.29, 1.82) is 0 Å². The van der Waals surface area contributed by atoms with Crippen LogP contribution in [-0.2, 0) is 0 Å². The van der Waals surface area contributed by atoms with Crippen molar-refractivity contribution in [2.45, 2.75) is 57.4 Å². The number of alkyl halides is 3. The first kappa shape index (κ1) is 13.8. The molecule has 0 bridgehead atoms. The van der Waals surface area contributed by atoms with Crippen LogP contribution in [-0.4, -0.2) is 42.8 Å². The van der Waals surface area contributed by atoms with E-state index in [0.29, 0.717) is 0 Å². The summed E-state index contributed by atoms with van der Waals surface area (Å²) >= 11 is 0. The average Bonchev–Trinajstić information content (AvgIpc) is 2.59. The van der Waals surface area contributed by atoms with Gasteiger partial charge in [0, 0.05) is 18.1 Å². The van der Waals surface area contributed by atoms with E-state index in [-0.39, 0.29) is 18.1 Å². The maximum absolute atomic E-state index is 12.5. The zero-order chi connectivity index (χ0) is 12.3. The fourth-order valence-electron chi connectivity index (χ4n) is 2.56. The Morgan fingerprint density at radius 1 is 1.31 bits per heavy atom. The molecular weight excluding hydrogens is 217 g/mol. The summed E-state index contributed by atoms with van der Waals surface area (Å²) in [6.07, 6.45) is -1.26. The van der Waals surface area contributed by atoms with Crippen molar-refractivity contribution in [2.75, 3.05) is 13.6 Å². The largest absolute Gasteiger partial charge is 0.401 e. The van der Waals surface area contributed by atoms with Crippen molar-refractivity contribution in [3.05, 3.63) is 0 Å². The highest BCUT2D eigenvalue weighted by Gasteiger charge is 2.39. The van der Waals surface area contributed by atoms with Gasteiger partial charge in [-0.05, 0) is 33.7 Å². The highest BCUT2D eigenvalue weighted by Crippen LogP contribution is 2.28. The minimum atomic E-state index is -4.11. The van der Waals surface area contributed by atoms with Crippen molar-refractivity contribution in [1.82, 2.24) is 10.2 Å². The van der Waals surface area contributed by atoms with E-state index >= 15 is 0 Å². The number of hydrogen-bond donors (Lipinski definition) is 1. The zero-order valence-electron chi connectivity index (χ0n) is 10.1. The first-order valence-electron chi connectivity index (χ1n) is 5.85. The fourth-order valence-corrected chi connectivity index (χ4v) is 2.56. The van der Waals surface area contributed by atoms with Crippen LogP contribution < -0.4 is 5.32 Å². The normalized spacial score (nSPS) is 27.0. The Morgan fingerprint density at radius 3 is 2.38 bits per heavy atom. The molecule has 0 heterocycles. The molecule has 0 aromatic carbocycles. The second-order valence-corrected chi connectivity index (χ2v) is 4.77. The molecule has 1 aliphatic carbocycles. The van der Waals surface area contributed by atoms with Gasteiger partial charge < -0.3 is 5.32 Å². The highest BCUT2D eigenvalue weighted by atomic mass is 19.4. The van der Waals surface area contributed by atoms with Crippen LogP contribution in [0.5, 0.6) is 0 Å². The number of likely N-dealkylation sites (N-methyl/N-ethyl adjacent to an activating group) is 1. The number of halogens is 3. The van der Waals surface area contributed by atoms with Gasteiger partial charge in [-0.2, -0.15) is 13.2 Å². The quantitative estimate of drug-likeness (QED) is 0.809. The van der Waals surface area contributed by atoms with Crippen LogP contribution in [0.3, 0.4) is 0 Å². The van der Waals surface area contributed by atoms with Crippen LogP contribution >= 0.6 is 0 Å². The SMILES string of the molecule is CNC1CCCC1N(CC(F)(F)F)C(C)C. The molecule has 0 saturated heterocycles. The smallest absolute Gasteiger partial charge is 0.315 e. The van der Waals surface area contributed by atoms with Crippen LogP contribution in [0.15, 0.2) is 0 Å². The standard InChI is InChI=1S/C11H21F3N2/c1-8(2)16(7-11(12,13)14)10-6-4-5-9(10)15-3/h8-10,15H,4-7H2,1-3H3. The van der Waals surface area contributed by atoms with Gasteiger partial charge in [-0.1, -0.05) is 6.42 Å². The van der Waals surface area contributed by atoms with Gasteiger partial charge in [-0.3, -0.25) is 4.90 Å².